The molecule has 0 aliphatic rings. The summed E-state index contributed by atoms with van der Waals surface area (Å²) in [5.74, 6) is -1.94. The number of carboxylic acid groups (broad SMARTS) is 1. The lowest BCUT2D eigenvalue weighted by Gasteiger charge is -2.07. The number of carbonyl (C=O) groups is 2. The van der Waals surface area contributed by atoms with E-state index in [1.165, 1.54) is 31.6 Å². The van der Waals surface area contributed by atoms with Crippen molar-refractivity contribution in [1.82, 2.24) is 14.6 Å². The maximum atomic E-state index is 11.9. The molecule has 0 aliphatic heterocycles. The maximum absolute atomic E-state index is 11.9. The molecule has 124 valence electrons. The number of thiazole rings is 1. The maximum Gasteiger partial charge on any atom is 0.355 e. The molecule has 0 saturated carbocycles. The molecule has 2 aromatic rings. The fourth-order valence-corrected chi connectivity index (χ4v) is 3.00. The van der Waals surface area contributed by atoms with Crippen LogP contribution in [0, 0.1) is 0 Å². The highest BCUT2D eigenvalue weighted by molar-refractivity contribution is 7.88. The molecule has 11 heteroatoms. The summed E-state index contributed by atoms with van der Waals surface area (Å²) in [6, 6.07) is 2.44. The van der Waals surface area contributed by atoms with Gasteiger partial charge in [0.2, 0.25) is 5.09 Å². The van der Waals surface area contributed by atoms with Crippen LogP contribution in [0.3, 0.4) is 0 Å². The first-order valence-electron chi connectivity index (χ1n) is 6.20. The molecule has 2 rings (SSSR count). The number of hydrogen-bond donors (Lipinski definition) is 2. The van der Waals surface area contributed by atoms with Gasteiger partial charge in [-0.1, -0.05) is 0 Å². The van der Waals surface area contributed by atoms with Gasteiger partial charge >= 0.3 is 5.97 Å². The molecule has 2 heterocycles. The first kappa shape index (κ1) is 17.1. The van der Waals surface area contributed by atoms with Crippen molar-refractivity contribution in [2.24, 2.45) is 0 Å². The van der Waals surface area contributed by atoms with Crippen LogP contribution in [0.4, 0.5) is 0 Å². The minimum Gasteiger partial charge on any atom is -0.476 e. The van der Waals surface area contributed by atoms with E-state index in [-0.39, 0.29) is 23.1 Å². The second-order valence-electron chi connectivity index (χ2n) is 4.52. The molecule has 2 N–H and O–H groups in total. The van der Waals surface area contributed by atoms with Crippen molar-refractivity contribution in [3.63, 3.8) is 0 Å². The lowest BCUT2D eigenvalue weighted by atomic mass is 10.4. The summed E-state index contributed by atoms with van der Waals surface area (Å²) in [7, 11) is -1.06. The largest absolute Gasteiger partial charge is 0.476 e. The Bertz CT molecular complexity index is 837. The van der Waals surface area contributed by atoms with Crippen LogP contribution in [-0.4, -0.2) is 48.8 Å². The van der Waals surface area contributed by atoms with Gasteiger partial charge in [0.1, 0.15) is 5.01 Å². The zero-order valence-corrected chi connectivity index (χ0v) is 13.8. The predicted molar refractivity (Wildman–Crippen MR) is 79.8 cm³/mol. The summed E-state index contributed by atoms with van der Waals surface area (Å²) in [6.45, 7) is 0.00719. The van der Waals surface area contributed by atoms with Crippen LogP contribution >= 0.6 is 11.3 Å². The van der Waals surface area contributed by atoms with Gasteiger partial charge in [0, 0.05) is 19.5 Å². The Morgan fingerprint density at radius 1 is 1.39 bits per heavy atom. The number of hydrogen-bond acceptors (Lipinski definition) is 7. The summed E-state index contributed by atoms with van der Waals surface area (Å²) in [5, 5.41) is 12.7. The van der Waals surface area contributed by atoms with Crippen LogP contribution < -0.4 is 5.32 Å². The molecular weight excluding hydrogens is 346 g/mol. The summed E-state index contributed by atoms with van der Waals surface area (Å²) < 4.78 is 29.7. The standard InChI is InChI=1S/C12H13N3O6S2/c1-15(2)23(19,20)10-4-3-8(21-10)11(16)13-5-9-14-7(6-22-9)12(17)18/h3-4,6H,5H2,1-2H3,(H,13,16)(H,17,18). The number of carbonyl (C=O) groups excluding carboxylic acids is 1. The summed E-state index contributed by atoms with van der Waals surface area (Å²) in [6.07, 6.45) is 0. The normalized spacial score (nSPS) is 11.6. The Morgan fingerprint density at radius 3 is 2.65 bits per heavy atom. The number of nitrogens with one attached hydrogen (secondary N) is 1. The smallest absolute Gasteiger partial charge is 0.355 e. The predicted octanol–water partition coefficient (Wildman–Crippen LogP) is 0.615. The zero-order chi connectivity index (χ0) is 17.2. The molecule has 0 saturated heterocycles. The van der Waals surface area contributed by atoms with Crippen molar-refractivity contribution in [3.8, 4) is 0 Å². The Morgan fingerprint density at radius 2 is 2.09 bits per heavy atom. The molecule has 0 atom stereocenters. The van der Waals surface area contributed by atoms with Gasteiger partial charge in [-0.25, -0.2) is 22.5 Å². The number of rotatable bonds is 6. The molecular formula is C12H13N3O6S2. The number of amides is 1. The molecule has 23 heavy (non-hydrogen) atoms. The Kier molecular flexibility index (Phi) is 4.82. The quantitative estimate of drug-likeness (QED) is 0.773. The minimum absolute atomic E-state index is 0.00719. The molecule has 9 nitrogen and oxygen atoms in total. The van der Waals surface area contributed by atoms with E-state index < -0.39 is 21.9 Å². The van der Waals surface area contributed by atoms with Gasteiger partial charge in [-0.05, 0) is 12.1 Å². The summed E-state index contributed by atoms with van der Waals surface area (Å²) in [5.41, 5.74) is -0.100. The van der Waals surface area contributed by atoms with Crippen LogP contribution in [0.15, 0.2) is 27.0 Å². The molecule has 1 amide bonds. The highest BCUT2D eigenvalue weighted by atomic mass is 32.2. The van der Waals surface area contributed by atoms with Gasteiger partial charge in [0.05, 0.1) is 6.54 Å². The van der Waals surface area contributed by atoms with E-state index in [9.17, 15) is 18.0 Å². The van der Waals surface area contributed by atoms with Crippen LogP contribution in [-0.2, 0) is 16.6 Å². The van der Waals surface area contributed by atoms with Crippen LogP contribution in [0.5, 0.6) is 0 Å². The first-order valence-corrected chi connectivity index (χ1v) is 8.52. The third-order valence-electron chi connectivity index (χ3n) is 2.71. The molecule has 0 fully saturated rings. The lowest BCUT2D eigenvalue weighted by Crippen LogP contribution is -2.23. The average Bonchev–Trinajstić information content (AvgIpc) is 3.14. The van der Waals surface area contributed by atoms with Gasteiger partial charge in [-0.3, -0.25) is 4.79 Å². The van der Waals surface area contributed by atoms with E-state index in [1.807, 2.05) is 0 Å². The van der Waals surface area contributed by atoms with Gasteiger partial charge in [-0.15, -0.1) is 11.3 Å². The number of aromatic carboxylic acids is 1. The van der Waals surface area contributed by atoms with E-state index in [0.29, 0.717) is 5.01 Å². The summed E-state index contributed by atoms with van der Waals surface area (Å²) in [4.78, 5) is 26.4. The molecule has 0 aliphatic carbocycles. The molecule has 0 bridgehead atoms. The minimum atomic E-state index is -3.75. The van der Waals surface area contributed by atoms with E-state index in [1.54, 1.807) is 0 Å². The lowest BCUT2D eigenvalue weighted by molar-refractivity contribution is 0.0691. The van der Waals surface area contributed by atoms with Crippen molar-refractivity contribution in [3.05, 3.63) is 34.0 Å². The fourth-order valence-electron chi connectivity index (χ4n) is 1.49. The van der Waals surface area contributed by atoms with E-state index >= 15 is 0 Å². The monoisotopic (exact) mass is 359 g/mol. The Hall–Kier alpha value is -2.24. The average molecular weight is 359 g/mol. The molecule has 0 spiro atoms. The van der Waals surface area contributed by atoms with Crippen molar-refractivity contribution in [2.45, 2.75) is 11.6 Å². The third kappa shape index (κ3) is 3.75. The van der Waals surface area contributed by atoms with E-state index in [0.717, 1.165) is 15.6 Å². The van der Waals surface area contributed by atoms with Crippen LogP contribution in [0.1, 0.15) is 26.1 Å². The molecule has 0 radical (unpaired) electrons. The topological polar surface area (TPSA) is 130 Å². The summed E-state index contributed by atoms with van der Waals surface area (Å²) >= 11 is 1.09. The number of carboxylic acids is 1. The molecule has 0 aromatic carbocycles. The fraction of sp³-hybridized carbons (Fsp3) is 0.250. The SMILES string of the molecule is CN(C)S(=O)(=O)c1ccc(C(=O)NCc2nc(C(=O)O)cs2)o1. The van der Waals surface area contributed by atoms with E-state index in [2.05, 4.69) is 10.3 Å². The third-order valence-corrected chi connectivity index (χ3v) is 5.25. The van der Waals surface area contributed by atoms with Crippen molar-refractivity contribution < 1.29 is 27.5 Å². The first-order chi connectivity index (χ1) is 10.7. The second kappa shape index (κ2) is 6.48. The highest BCUT2D eigenvalue weighted by Crippen LogP contribution is 2.17. The Balaban J connectivity index is 2.04. The van der Waals surface area contributed by atoms with Crippen LogP contribution in [0.2, 0.25) is 0 Å². The highest BCUT2D eigenvalue weighted by Gasteiger charge is 2.23. The molecule has 0 unspecified atom stereocenters. The van der Waals surface area contributed by atoms with E-state index in [4.69, 9.17) is 9.52 Å². The van der Waals surface area contributed by atoms with Crippen molar-refractivity contribution in [2.75, 3.05) is 14.1 Å². The number of furan rings is 1. The Labute approximate surface area is 135 Å². The van der Waals surface area contributed by atoms with Gasteiger partial charge < -0.3 is 14.8 Å². The van der Waals surface area contributed by atoms with Gasteiger partial charge in [-0.2, -0.15) is 0 Å². The van der Waals surface area contributed by atoms with Gasteiger partial charge in [0.15, 0.2) is 11.5 Å². The second-order valence-corrected chi connectivity index (χ2v) is 7.55. The number of nitrogens with zero attached hydrogens (tertiary/aromatic N) is 2. The van der Waals surface area contributed by atoms with Crippen molar-refractivity contribution in [1.29, 1.82) is 0 Å². The zero-order valence-electron chi connectivity index (χ0n) is 12.1. The van der Waals surface area contributed by atoms with Crippen molar-refractivity contribution >= 4 is 33.2 Å². The van der Waals surface area contributed by atoms with Gasteiger partial charge in [0.25, 0.3) is 15.9 Å². The number of sulfonamides is 1. The molecule has 2 aromatic heterocycles. The number of aromatic nitrogens is 1. The van der Waals surface area contributed by atoms with Crippen LogP contribution in [0.25, 0.3) is 0 Å².